The van der Waals surface area contributed by atoms with Crippen LogP contribution < -0.4 is 21.2 Å². The summed E-state index contributed by atoms with van der Waals surface area (Å²) in [5, 5.41) is 18.1. The lowest BCUT2D eigenvalue weighted by molar-refractivity contribution is 0.415. The topological polar surface area (TPSA) is 121 Å². The molecule has 1 heterocycles. The first-order valence-corrected chi connectivity index (χ1v) is 11.9. The van der Waals surface area contributed by atoms with Gasteiger partial charge in [0, 0.05) is 17.0 Å². The molecule has 8 nitrogen and oxygen atoms in total. The number of nitrogens with two attached hydrogens (primary N) is 1. The van der Waals surface area contributed by atoms with E-state index in [2.05, 4.69) is 38.8 Å². The summed E-state index contributed by atoms with van der Waals surface area (Å²) in [6, 6.07) is 17.3. The molecular weight excluding hydrogens is 466 g/mol. The summed E-state index contributed by atoms with van der Waals surface area (Å²) >= 11 is 6.33. The van der Waals surface area contributed by atoms with Crippen LogP contribution in [0.5, 0.6) is 5.75 Å². The van der Waals surface area contributed by atoms with Gasteiger partial charge in [0.1, 0.15) is 17.4 Å². The molecule has 0 aliphatic heterocycles. The largest absolute Gasteiger partial charge is 0.497 e. The SMILES string of the molecule is CCCSc1nc(Nc2ccc(/C(C)=N\NC(N)=S)cc2)c(C#N)c(-c2ccc(OC)cc2)n1. The average Bonchev–Trinajstić information content (AvgIpc) is 2.86. The van der Waals surface area contributed by atoms with Gasteiger partial charge in [0.2, 0.25) is 0 Å². The number of benzene rings is 2. The number of methoxy groups -OCH3 is 1. The van der Waals surface area contributed by atoms with E-state index < -0.39 is 0 Å². The predicted molar refractivity (Wildman–Crippen MR) is 142 cm³/mol. The van der Waals surface area contributed by atoms with Crippen molar-refractivity contribution in [2.75, 3.05) is 18.2 Å². The van der Waals surface area contributed by atoms with Crippen LogP contribution in [0.4, 0.5) is 11.5 Å². The van der Waals surface area contributed by atoms with Gasteiger partial charge in [-0.2, -0.15) is 10.4 Å². The van der Waals surface area contributed by atoms with E-state index in [1.54, 1.807) is 18.9 Å². The molecule has 0 saturated carbocycles. The van der Waals surface area contributed by atoms with Crippen LogP contribution in [0, 0.1) is 11.3 Å². The van der Waals surface area contributed by atoms with Crippen LogP contribution in [0.2, 0.25) is 0 Å². The van der Waals surface area contributed by atoms with Gasteiger partial charge in [-0.15, -0.1) is 0 Å². The van der Waals surface area contributed by atoms with E-state index in [9.17, 15) is 5.26 Å². The lowest BCUT2D eigenvalue weighted by atomic mass is 10.1. The Morgan fingerprint density at radius 1 is 1.18 bits per heavy atom. The Kier molecular flexibility index (Phi) is 8.79. The van der Waals surface area contributed by atoms with E-state index in [0.717, 1.165) is 40.4 Å². The summed E-state index contributed by atoms with van der Waals surface area (Å²) in [6.07, 6.45) is 0.987. The summed E-state index contributed by atoms with van der Waals surface area (Å²) < 4.78 is 5.26. The number of nitrogens with zero attached hydrogens (tertiary/aromatic N) is 4. The first-order valence-electron chi connectivity index (χ1n) is 10.5. The molecule has 0 saturated heterocycles. The van der Waals surface area contributed by atoms with Crippen molar-refractivity contribution >= 4 is 46.3 Å². The normalized spacial score (nSPS) is 10.9. The maximum absolute atomic E-state index is 9.98. The van der Waals surface area contributed by atoms with E-state index in [0.29, 0.717) is 22.2 Å². The van der Waals surface area contributed by atoms with Gasteiger partial charge < -0.3 is 15.8 Å². The summed E-state index contributed by atoms with van der Waals surface area (Å²) in [6.45, 7) is 3.95. The summed E-state index contributed by atoms with van der Waals surface area (Å²) in [7, 11) is 1.62. The summed E-state index contributed by atoms with van der Waals surface area (Å²) in [4.78, 5) is 9.32. The Hall–Kier alpha value is -3.68. The third kappa shape index (κ3) is 6.43. The molecule has 1 aromatic heterocycles. The maximum atomic E-state index is 9.98. The van der Waals surface area contributed by atoms with Crippen LogP contribution >= 0.6 is 24.0 Å². The molecule has 0 unspecified atom stereocenters. The molecular formula is C24H25N7OS2. The van der Waals surface area contributed by atoms with E-state index in [-0.39, 0.29) is 5.11 Å². The molecule has 0 fully saturated rings. The predicted octanol–water partition coefficient (Wildman–Crippen LogP) is 4.83. The van der Waals surface area contributed by atoms with Crippen molar-refractivity contribution in [1.82, 2.24) is 15.4 Å². The lowest BCUT2D eigenvalue weighted by Gasteiger charge is -2.13. The van der Waals surface area contributed by atoms with Crippen LogP contribution in [-0.2, 0) is 0 Å². The first kappa shape index (κ1) is 25.0. The molecule has 0 radical (unpaired) electrons. The molecule has 0 atom stereocenters. The fourth-order valence-corrected chi connectivity index (χ4v) is 3.73. The molecule has 174 valence electrons. The molecule has 0 aliphatic carbocycles. The Balaban J connectivity index is 1.97. The summed E-state index contributed by atoms with van der Waals surface area (Å²) in [5.41, 5.74) is 12.2. The number of rotatable bonds is 9. The fraction of sp³-hybridized carbons (Fsp3) is 0.208. The Labute approximate surface area is 208 Å². The smallest absolute Gasteiger partial charge is 0.190 e. The maximum Gasteiger partial charge on any atom is 0.190 e. The van der Waals surface area contributed by atoms with Crippen LogP contribution in [0.1, 0.15) is 31.4 Å². The minimum Gasteiger partial charge on any atom is -0.497 e. The van der Waals surface area contributed by atoms with Gasteiger partial charge in [-0.25, -0.2) is 9.97 Å². The number of hydrazone groups is 1. The van der Waals surface area contributed by atoms with E-state index in [1.165, 1.54) is 0 Å². The van der Waals surface area contributed by atoms with Crippen LogP contribution in [0.3, 0.4) is 0 Å². The number of aromatic nitrogens is 2. The third-order valence-corrected chi connectivity index (χ3v) is 5.84. The number of nitriles is 1. The lowest BCUT2D eigenvalue weighted by Crippen LogP contribution is -2.25. The Bertz CT molecular complexity index is 1220. The highest BCUT2D eigenvalue weighted by molar-refractivity contribution is 7.99. The van der Waals surface area contributed by atoms with Crippen molar-refractivity contribution in [3.8, 4) is 23.1 Å². The molecule has 0 bridgehead atoms. The van der Waals surface area contributed by atoms with Crippen molar-refractivity contribution in [3.05, 3.63) is 59.7 Å². The number of thiocarbonyl (C=S) groups is 1. The first-order chi connectivity index (χ1) is 16.4. The number of ether oxygens (including phenoxy) is 1. The quantitative estimate of drug-likeness (QED) is 0.127. The van der Waals surface area contributed by atoms with Crippen molar-refractivity contribution in [3.63, 3.8) is 0 Å². The van der Waals surface area contributed by atoms with Gasteiger partial charge in [0.25, 0.3) is 0 Å². The molecule has 10 heteroatoms. The third-order valence-electron chi connectivity index (χ3n) is 4.70. The fourth-order valence-electron chi connectivity index (χ4n) is 2.99. The zero-order chi connectivity index (χ0) is 24.5. The minimum atomic E-state index is 0.106. The molecule has 0 amide bonds. The highest BCUT2D eigenvalue weighted by Crippen LogP contribution is 2.31. The number of nitrogens with one attached hydrogen (secondary N) is 2. The number of thioether (sulfide) groups is 1. The zero-order valence-corrected chi connectivity index (χ0v) is 20.8. The second-order valence-electron chi connectivity index (χ2n) is 7.14. The van der Waals surface area contributed by atoms with E-state index >= 15 is 0 Å². The van der Waals surface area contributed by atoms with Gasteiger partial charge in [0.15, 0.2) is 16.1 Å². The number of hydrogen-bond acceptors (Lipinski definition) is 8. The van der Waals surface area contributed by atoms with Crippen LogP contribution in [0.15, 0.2) is 58.8 Å². The van der Waals surface area contributed by atoms with E-state index in [1.807, 2.05) is 55.5 Å². The minimum absolute atomic E-state index is 0.106. The van der Waals surface area contributed by atoms with Gasteiger partial charge in [0.05, 0.1) is 18.5 Å². The molecule has 3 aromatic rings. The molecule has 0 aliphatic rings. The standard InChI is InChI=1S/C24H25N7OS2/c1-4-13-34-24-28-21(17-7-11-19(32-3)12-8-17)20(14-25)22(29-24)27-18-9-5-16(6-10-18)15(2)30-31-23(26)33/h5-12H,4,13H2,1-3H3,(H3,26,31,33)(H,27,28,29)/b30-15-. The monoisotopic (exact) mass is 491 g/mol. The number of hydrogen-bond donors (Lipinski definition) is 3. The Morgan fingerprint density at radius 3 is 2.47 bits per heavy atom. The zero-order valence-electron chi connectivity index (χ0n) is 19.1. The summed E-state index contributed by atoms with van der Waals surface area (Å²) in [5.74, 6) is 2.06. The number of anilines is 2. The van der Waals surface area contributed by atoms with Crippen LogP contribution in [0.25, 0.3) is 11.3 Å². The Morgan fingerprint density at radius 2 is 1.88 bits per heavy atom. The van der Waals surface area contributed by atoms with Gasteiger partial charge >= 0.3 is 0 Å². The highest BCUT2D eigenvalue weighted by Gasteiger charge is 2.17. The molecule has 2 aromatic carbocycles. The van der Waals surface area contributed by atoms with E-state index in [4.69, 9.17) is 22.7 Å². The molecule has 34 heavy (non-hydrogen) atoms. The molecule has 0 spiro atoms. The van der Waals surface area contributed by atoms with Gasteiger partial charge in [-0.05, 0) is 67.5 Å². The van der Waals surface area contributed by atoms with Gasteiger partial charge in [-0.1, -0.05) is 30.8 Å². The van der Waals surface area contributed by atoms with Crippen LogP contribution in [-0.4, -0.2) is 33.7 Å². The second-order valence-corrected chi connectivity index (χ2v) is 8.64. The highest BCUT2D eigenvalue weighted by atomic mass is 32.2. The second kappa shape index (κ2) is 12.0. The molecule has 4 N–H and O–H groups in total. The van der Waals surface area contributed by atoms with Gasteiger partial charge in [-0.3, -0.25) is 5.43 Å². The van der Waals surface area contributed by atoms with Crippen molar-refractivity contribution in [2.24, 2.45) is 10.8 Å². The van der Waals surface area contributed by atoms with Crippen molar-refractivity contribution < 1.29 is 4.74 Å². The van der Waals surface area contributed by atoms with Crippen molar-refractivity contribution in [1.29, 1.82) is 5.26 Å². The molecule has 3 rings (SSSR count). The average molecular weight is 492 g/mol. The van der Waals surface area contributed by atoms with Crippen molar-refractivity contribution in [2.45, 2.75) is 25.4 Å².